The van der Waals surface area contributed by atoms with Crippen molar-refractivity contribution in [2.24, 2.45) is 0 Å². The van der Waals surface area contributed by atoms with Crippen molar-refractivity contribution in [3.8, 4) is 5.75 Å². The van der Waals surface area contributed by atoms with Crippen molar-refractivity contribution in [3.63, 3.8) is 0 Å². The number of halogens is 3. The Morgan fingerprint density at radius 2 is 0.987 bits per heavy atom. The number of sulfonamides is 3. The fraction of sp³-hybridized carbons (Fsp3) is 0.211. The van der Waals surface area contributed by atoms with Crippen LogP contribution in [-0.4, -0.2) is 61.0 Å². The van der Waals surface area contributed by atoms with Gasteiger partial charge in [-0.25, -0.2) is 56.6 Å². The molecule has 8 rings (SSSR count). The van der Waals surface area contributed by atoms with Crippen molar-refractivity contribution < 1.29 is 47.2 Å². The Morgan fingerprint density at radius 1 is 0.481 bits per heavy atom. The van der Waals surface area contributed by atoms with E-state index in [1.54, 1.807) is 86.6 Å². The molecule has 0 aliphatic heterocycles. The van der Waals surface area contributed by atoms with Crippen molar-refractivity contribution in [1.29, 1.82) is 0 Å². The number of hydrogen-bond donors (Lipinski definition) is 3. The number of rotatable bonds is 18. The molecule has 3 heterocycles. The second kappa shape index (κ2) is 29.4. The summed E-state index contributed by atoms with van der Waals surface area (Å²) >= 11 is 6.01. The van der Waals surface area contributed by atoms with Gasteiger partial charge in [0.25, 0.3) is 0 Å². The van der Waals surface area contributed by atoms with Gasteiger partial charge in [-0.1, -0.05) is 54.1 Å². The highest BCUT2D eigenvalue weighted by molar-refractivity contribution is 7.91. The van der Waals surface area contributed by atoms with Gasteiger partial charge in [0.2, 0.25) is 30.1 Å². The minimum absolute atomic E-state index is 0.0716. The zero-order valence-corrected chi connectivity index (χ0v) is 48.2. The Labute approximate surface area is 467 Å². The Kier molecular flexibility index (Phi) is 23.5. The molecule has 3 N–H and O–H groups in total. The van der Waals surface area contributed by atoms with E-state index < -0.39 is 51.5 Å². The maximum atomic E-state index is 13.1. The molecule has 0 unspecified atom stereocenters. The van der Waals surface area contributed by atoms with E-state index in [0.29, 0.717) is 34.1 Å². The summed E-state index contributed by atoms with van der Waals surface area (Å²) < 4.78 is 137. The van der Waals surface area contributed by atoms with Crippen LogP contribution in [0.2, 0.25) is 5.02 Å². The number of ether oxygens (including phenoxy) is 1. The van der Waals surface area contributed by atoms with E-state index in [1.165, 1.54) is 43.3 Å². The molecule has 0 atom stereocenters. The van der Waals surface area contributed by atoms with Gasteiger partial charge >= 0.3 is 0 Å². The first-order valence-corrected chi connectivity index (χ1v) is 30.8. The molecule has 0 aliphatic rings. The number of nitrogens with zero attached hydrogens (tertiary/aromatic N) is 3. The first-order chi connectivity index (χ1) is 37.4. The van der Waals surface area contributed by atoms with Crippen LogP contribution in [0.25, 0.3) is 0 Å². The van der Waals surface area contributed by atoms with E-state index >= 15 is 0 Å². The smallest absolute Gasteiger partial charge is 0.241 e. The topological polar surface area (TPSA) is 221 Å². The number of benzene rings is 5. The minimum Gasteiger partial charge on any atom is -0.494 e. The van der Waals surface area contributed by atoms with E-state index in [1.807, 2.05) is 70.2 Å². The summed E-state index contributed by atoms with van der Waals surface area (Å²) in [5, 5.41) is 0.444. The van der Waals surface area contributed by atoms with E-state index in [4.69, 9.17) is 16.3 Å². The maximum Gasteiger partial charge on any atom is 0.241 e. The highest BCUT2D eigenvalue weighted by atomic mass is 35.5. The van der Waals surface area contributed by atoms with Crippen LogP contribution in [0.4, 0.5) is 8.78 Å². The Bertz CT molecular complexity index is 3750. The summed E-state index contributed by atoms with van der Waals surface area (Å²) in [6, 6.07) is 35.1. The molecule has 8 aromatic rings. The summed E-state index contributed by atoms with van der Waals surface area (Å²) in [7, 11) is -14.2. The van der Waals surface area contributed by atoms with Crippen LogP contribution >= 0.6 is 11.6 Å². The fourth-order valence-corrected chi connectivity index (χ4v) is 12.5. The second-order valence-electron chi connectivity index (χ2n) is 17.6. The van der Waals surface area contributed by atoms with E-state index in [-0.39, 0.29) is 40.1 Å². The lowest BCUT2D eigenvalue weighted by molar-refractivity contribution is 0.337. The average molecular weight is 1180 g/mol. The van der Waals surface area contributed by atoms with Crippen molar-refractivity contribution in [2.45, 2.75) is 87.2 Å². The van der Waals surface area contributed by atoms with Gasteiger partial charge in [0, 0.05) is 61.8 Å². The molecule has 0 saturated heterocycles. The van der Waals surface area contributed by atoms with Crippen molar-refractivity contribution in [2.75, 3.05) is 12.4 Å². The van der Waals surface area contributed by atoms with Gasteiger partial charge in [-0.3, -0.25) is 15.0 Å². The zero-order valence-electron chi connectivity index (χ0n) is 44.2. The lowest BCUT2D eigenvalue weighted by Crippen LogP contribution is -2.24. The van der Waals surface area contributed by atoms with Gasteiger partial charge < -0.3 is 4.74 Å². The van der Waals surface area contributed by atoms with Crippen molar-refractivity contribution in [1.82, 2.24) is 29.1 Å². The number of nitrogens with one attached hydrogen (secondary N) is 3. The minimum atomic E-state index is -3.69. The maximum absolute atomic E-state index is 13.1. The predicted molar refractivity (Wildman–Crippen MR) is 303 cm³/mol. The van der Waals surface area contributed by atoms with Crippen LogP contribution in [0, 0.1) is 46.3 Å². The van der Waals surface area contributed by atoms with Gasteiger partial charge in [0.05, 0.1) is 31.9 Å². The molecule has 0 amide bonds. The number of sulfone groups is 1. The molecule has 0 radical (unpaired) electrons. The second-order valence-corrected chi connectivity index (χ2v) is 25.3. The van der Waals surface area contributed by atoms with Crippen molar-refractivity contribution in [3.05, 3.63) is 237 Å². The van der Waals surface area contributed by atoms with E-state index in [0.717, 1.165) is 56.8 Å². The van der Waals surface area contributed by atoms with E-state index in [9.17, 15) is 42.5 Å². The zero-order chi connectivity index (χ0) is 57.8. The van der Waals surface area contributed by atoms with Crippen LogP contribution in [0.5, 0.6) is 5.75 Å². The highest BCUT2D eigenvalue weighted by Crippen LogP contribution is 2.29. The largest absolute Gasteiger partial charge is 0.494 e. The SMILES string of the molecule is CCOc1ccc(S(=O)(=O)CCc2ccncc2)c(C)c1C.Cc1cc(C)c(S(=O)(=O)NCc2ccncc2)cc1Cl.Cc1cc(S(=O)(=O)NCc2ccccc2)ccc1F.O=S(=O)(NCc1ccncc1)c1cccc(F)c1. The Hall–Kier alpha value is -6.82. The molecule has 22 heteroatoms. The molecular formula is C57H61ClF2N6O9S4. The fourth-order valence-electron chi connectivity index (χ4n) is 7.22. The Balaban J connectivity index is 0.000000194. The van der Waals surface area contributed by atoms with Crippen LogP contribution < -0.4 is 18.9 Å². The van der Waals surface area contributed by atoms with Crippen LogP contribution in [0.3, 0.4) is 0 Å². The molecule has 418 valence electrons. The molecule has 5 aromatic carbocycles. The molecule has 3 aromatic heterocycles. The monoisotopic (exact) mass is 1170 g/mol. The van der Waals surface area contributed by atoms with Gasteiger partial charge in [-0.2, -0.15) is 0 Å². The number of aromatic nitrogens is 3. The quantitative estimate of drug-likeness (QED) is 0.0731. The van der Waals surface area contributed by atoms with Crippen LogP contribution in [0.15, 0.2) is 190 Å². The third kappa shape index (κ3) is 19.5. The average Bonchev–Trinajstić information content (AvgIpc) is 3.44. The van der Waals surface area contributed by atoms with Gasteiger partial charge in [0.15, 0.2) is 9.84 Å². The highest BCUT2D eigenvalue weighted by Gasteiger charge is 2.21. The van der Waals surface area contributed by atoms with E-state index in [2.05, 4.69) is 29.1 Å². The van der Waals surface area contributed by atoms with Crippen LogP contribution in [0.1, 0.15) is 57.0 Å². The molecule has 79 heavy (non-hydrogen) atoms. The third-order valence-corrected chi connectivity index (χ3v) is 18.4. The lowest BCUT2D eigenvalue weighted by Gasteiger charge is -2.14. The first-order valence-electron chi connectivity index (χ1n) is 24.4. The van der Waals surface area contributed by atoms with Gasteiger partial charge in [0.1, 0.15) is 17.4 Å². The molecule has 15 nitrogen and oxygen atoms in total. The first kappa shape index (κ1) is 63.0. The van der Waals surface area contributed by atoms with Crippen molar-refractivity contribution >= 4 is 51.5 Å². The summed E-state index contributed by atoms with van der Waals surface area (Å²) in [6.07, 6.45) is 10.2. The summed E-state index contributed by atoms with van der Waals surface area (Å²) in [5.74, 6) is -0.164. The summed E-state index contributed by atoms with van der Waals surface area (Å²) in [6.45, 7) is 11.9. The summed E-state index contributed by atoms with van der Waals surface area (Å²) in [5.41, 5.74) is 6.95. The molecular weight excluding hydrogens is 1110 g/mol. The normalized spacial score (nSPS) is 11.5. The third-order valence-electron chi connectivity index (χ3n) is 11.8. The summed E-state index contributed by atoms with van der Waals surface area (Å²) in [4.78, 5) is 12.2. The number of hydrogen-bond acceptors (Lipinski definition) is 12. The molecule has 0 saturated carbocycles. The molecule has 0 aliphatic carbocycles. The van der Waals surface area contributed by atoms with Gasteiger partial charge in [-0.05, 0) is 189 Å². The standard InChI is InChI=1S/C17H21NO3S.C14H15ClN2O2S.C14H14FNO2S.C12H11FN2O2S/c1-4-21-16-5-6-17(14(3)13(16)2)22(19,20)12-9-15-7-10-18-11-8-15;1-10-7-11(2)14(8-13(10)15)20(18,19)17-9-12-3-5-16-6-4-12;1-11-9-13(7-8-14(11)15)19(17,18)16-10-12-5-3-2-4-6-12;13-11-2-1-3-12(8-11)18(16,17)15-9-10-4-6-14-7-5-10/h5-8,10-11H,4,9,12H2,1-3H3;3-8,17H,9H2,1-2H3;2-9,16H,10H2,1H3;1-8,15H,9H2. The van der Waals surface area contributed by atoms with Gasteiger partial charge in [-0.15, -0.1) is 0 Å². The predicted octanol–water partition coefficient (Wildman–Crippen LogP) is 10.3. The molecule has 0 spiro atoms. The van der Waals surface area contributed by atoms with Crippen LogP contribution in [-0.2, 0) is 66.0 Å². The molecule has 0 fully saturated rings. The Morgan fingerprint density at radius 3 is 1.51 bits per heavy atom. The number of pyridine rings is 3. The number of aryl methyl sites for hydroxylation is 4. The lowest BCUT2D eigenvalue weighted by atomic mass is 10.1. The molecule has 0 bridgehead atoms.